The Kier molecular flexibility index (Phi) is 5.26. The van der Waals surface area contributed by atoms with E-state index in [1.165, 1.54) is 0 Å². The molecule has 16 heavy (non-hydrogen) atoms. The Morgan fingerprint density at radius 2 is 2.25 bits per heavy atom. The summed E-state index contributed by atoms with van der Waals surface area (Å²) in [5, 5.41) is 2.83. The number of amides is 1. The largest absolute Gasteiger partial charge is 0.352 e. The molecule has 1 amide bonds. The molecule has 0 aromatic heterocycles. The molecule has 1 aromatic rings. The van der Waals surface area contributed by atoms with E-state index >= 15 is 0 Å². The average Bonchev–Trinajstić information content (AvgIpc) is 2.23. The van der Waals surface area contributed by atoms with Crippen molar-refractivity contribution in [2.75, 3.05) is 6.54 Å². The summed E-state index contributed by atoms with van der Waals surface area (Å²) >= 11 is 3.38. The molecule has 0 heterocycles. The minimum atomic E-state index is -0.0475. The van der Waals surface area contributed by atoms with Crippen molar-refractivity contribution < 1.29 is 4.79 Å². The number of nitrogens with one attached hydrogen (secondary N) is 1. The molecular weight excluding hydrogens is 266 g/mol. The highest BCUT2D eigenvalue weighted by Gasteiger charge is 1.97. The first-order valence-corrected chi connectivity index (χ1v) is 6.08. The lowest BCUT2D eigenvalue weighted by atomic mass is 10.2. The van der Waals surface area contributed by atoms with Gasteiger partial charge in [0.1, 0.15) is 0 Å². The number of hydrogen-bond acceptors (Lipinski definition) is 1. The summed E-state index contributed by atoms with van der Waals surface area (Å²) in [5.74, 6) is 0.428. The molecule has 0 radical (unpaired) electrons. The molecule has 0 saturated heterocycles. The van der Waals surface area contributed by atoms with E-state index in [1.54, 1.807) is 12.2 Å². The molecule has 2 nitrogen and oxygen atoms in total. The van der Waals surface area contributed by atoms with E-state index in [9.17, 15) is 4.79 Å². The minimum absolute atomic E-state index is 0.0475. The van der Waals surface area contributed by atoms with Gasteiger partial charge >= 0.3 is 0 Å². The highest BCUT2D eigenvalue weighted by atomic mass is 79.9. The van der Waals surface area contributed by atoms with Crippen LogP contribution in [-0.2, 0) is 4.79 Å². The van der Waals surface area contributed by atoms with Gasteiger partial charge in [-0.15, -0.1) is 0 Å². The van der Waals surface area contributed by atoms with Gasteiger partial charge in [0.05, 0.1) is 0 Å². The topological polar surface area (TPSA) is 29.1 Å². The van der Waals surface area contributed by atoms with Gasteiger partial charge in [0.2, 0.25) is 5.91 Å². The second-order valence-corrected chi connectivity index (χ2v) is 4.94. The zero-order chi connectivity index (χ0) is 12.0. The van der Waals surface area contributed by atoms with Gasteiger partial charge in [-0.25, -0.2) is 0 Å². The Hall–Kier alpha value is -1.09. The Morgan fingerprint density at radius 3 is 2.88 bits per heavy atom. The summed E-state index contributed by atoms with van der Waals surface area (Å²) in [6.45, 7) is 4.85. The van der Waals surface area contributed by atoms with Gasteiger partial charge in [0.25, 0.3) is 0 Å². The number of hydrogen-bond donors (Lipinski definition) is 1. The van der Waals surface area contributed by atoms with Crippen LogP contribution in [0.25, 0.3) is 6.08 Å². The quantitative estimate of drug-likeness (QED) is 0.844. The third kappa shape index (κ3) is 5.12. The van der Waals surface area contributed by atoms with Crippen LogP contribution in [-0.4, -0.2) is 12.5 Å². The molecule has 1 aromatic carbocycles. The van der Waals surface area contributed by atoms with Crippen LogP contribution in [0.5, 0.6) is 0 Å². The summed E-state index contributed by atoms with van der Waals surface area (Å²) in [4.78, 5) is 11.4. The lowest BCUT2D eigenvalue weighted by molar-refractivity contribution is -0.116. The van der Waals surface area contributed by atoms with Gasteiger partial charge in [0.15, 0.2) is 0 Å². The molecule has 1 rings (SSSR count). The predicted molar refractivity (Wildman–Crippen MR) is 71.0 cm³/mol. The number of benzene rings is 1. The Balaban J connectivity index is 2.50. The summed E-state index contributed by atoms with van der Waals surface area (Å²) in [7, 11) is 0. The summed E-state index contributed by atoms with van der Waals surface area (Å²) in [5.41, 5.74) is 1.01. The molecule has 0 saturated carbocycles. The van der Waals surface area contributed by atoms with E-state index in [4.69, 9.17) is 0 Å². The average molecular weight is 282 g/mol. The standard InChI is InChI=1S/C13H16BrNO/c1-10(2)9-15-13(16)7-6-11-4-3-5-12(14)8-11/h3-8,10H,9H2,1-2H3,(H,15,16)/b7-6-. The lowest BCUT2D eigenvalue weighted by Gasteiger charge is -2.04. The Morgan fingerprint density at radius 1 is 1.50 bits per heavy atom. The molecule has 0 fully saturated rings. The number of rotatable bonds is 4. The van der Waals surface area contributed by atoms with Gasteiger partial charge < -0.3 is 5.32 Å². The van der Waals surface area contributed by atoms with E-state index in [-0.39, 0.29) is 5.91 Å². The zero-order valence-corrected chi connectivity index (χ0v) is 11.1. The van der Waals surface area contributed by atoms with Gasteiger partial charge in [-0.1, -0.05) is 41.9 Å². The maximum absolute atomic E-state index is 11.4. The van der Waals surface area contributed by atoms with Crippen LogP contribution in [0.15, 0.2) is 34.8 Å². The fraction of sp³-hybridized carbons (Fsp3) is 0.308. The highest BCUT2D eigenvalue weighted by Crippen LogP contribution is 2.12. The van der Waals surface area contributed by atoms with Crippen LogP contribution < -0.4 is 5.32 Å². The van der Waals surface area contributed by atoms with Crippen molar-refractivity contribution in [3.05, 3.63) is 40.4 Å². The molecular formula is C13H16BrNO. The molecule has 0 aliphatic rings. The van der Waals surface area contributed by atoms with Crippen LogP contribution in [0.3, 0.4) is 0 Å². The lowest BCUT2D eigenvalue weighted by Crippen LogP contribution is -2.25. The molecule has 0 atom stereocenters. The fourth-order valence-corrected chi connectivity index (χ4v) is 1.56. The summed E-state index contributed by atoms with van der Waals surface area (Å²) in [6.07, 6.45) is 3.37. The van der Waals surface area contributed by atoms with Crippen molar-refractivity contribution in [3.8, 4) is 0 Å². The van der Waals surface area contributed by atoms with E-state index in [1.807, 2.05) is 24.3 Å². The second-order valence-electron chi connectivity index (χ2n) is 4.03. The van der Waals surface area contributed by atoms with Crippen molar-refractivity contribution in [1.29, 1.82) is 0 Å². The highest BCUT2D eigenvalue weighted by molar-refractivity contribution is 9.10. The SMILES string of the molecule is CC(C)CNC(=O)/C=C\c1cccc(Br)c1. The molecule has 0 bridgehead atoms. The van der Waals surface area contributed by atoms with Crippen molar-refractivity contribution in [1.82, 2.24) is 5.32 Å². The first-order valence-electron chi connectivity index (χ1n) is 5.29. The molecule has 86 valence electrons. The maximum Gasteiger partial charge on any atom is 0.244 e. The molecule has 0 spiro atoms. The van der Waals surface area contributed by atoms with Crippen molar-refractivity contribution in [2.45, 2.75) is 13.8 Å². The summed E-state index contributed by atoms with van der Waals surface area (Å²) in [6, 6.07) is 7.81. The van der Waals surface area contributed by atoms with E-state index < -0.39 is 0 Å². The van der Waals surface area contributed by atoms with Crippen LogP contribution in [0.1, 0.15) is 19.4 Å². The van der Waals surface area contributed by atoms with E-state index in [0.717, 1.165) is 10.0 Å². The minimum Gasteiger partial charge on any atom is -0.352 e. The fourth-order valence-electron chi connectivity index (χ4n) is 1.15. The van der Waals surface area contributed by atoms with E-state index in [0.29, 0.717) is 12.5 Å². The van der Waals surface area contributed by atoms with Crippen LogP contribution >= 0.6 is 15.9 Å². The Labute approximate surface area is 105 Å². The van der Waals surface area contributed by atoms with Crippen LogP contribution in [0.4, 0.5) is 0 Å². The molecule has 1 N–H and O–H groups in total. The molecule has 0 aliphatic heterocycles. The number of carbonyl (C=O) groups excluding carboxylic acids is 1. The van der Waals surface area contributed by atoms with Crippen LogP contribution in [0.2, 0.25) is 0 Å². The number of carbonyl (C=O) groups is 1. The van der Waals surface area contributed by atoms with Gasteiger partial charge in [-0.2, -0.15) is 0 Å². The monoisotopic (exact) mass is 281 g/mol. The van der Waals surface area contributed by atoms with Crippen molar-refractivity contribution in [2.24, 2.45) is 5.92 Å². The maximum atomic E-state index is 11.4. The molecule has 0 aliphatic carbocycles. The first-order chi connectivity index (χ1) is 7.58. The van der Waals surface area contributed by atoms with Crippen molar-refractivity contribution in [3.63, 3.8) is 0 Å². The predicted octanol–water partition coefficient (Wildman–Crippen LogP) is 3.23. The Bertz CT molecular complexity index is 385. The molecule has 3 heteroatoms. The van der Waals surface area contributed by atoms with Crippen LogP contribution in [0, 0.1) is 5.92 Å². The normalized spacial score (nSPS) is 11.0. The first kappa shape index (κ1) is 13.0. The van der Waals surface area contributed by atoms with Crippen molar-refractivity contribution >= 4 is 27.9 Å². The van der Waals surface area contributed by atoms with E-state index in [2.05, 4.69) is 35.1 Å². The number of halogens is 1. The van der Waals surface area contributed by atoms with Gasteiger partial charge in [0, 0.05) is 17.1 Å². The second kappa shape index (κ2) is 6.48. The third-order valence-electron chi connectivity index (χ3n) is 1.96. The van der Waals surface area contributed by atoms with Gasteiger partial charge in [-0.05, 0) is 29.7 Å². The zero-order valence-electron chi connectivity index (χ0n) is 9.53. The third-order valence-corrected chi connectivity index (χ3v) is 2.45. The molecule has 0 unspecified atom stereocenters. The smallest absolute Gasteiger partial charge is 0.244 e. The summed E-state index contributed by atoms with van der Waals surface area (Å²) < 4.78 is 1.01. The van der Waals surface area contributed by atoms with Gasteiger partial charge in [-0.3, -0.25) is 4.79 Å².